The van der Waals surface area contributed by atoms with Crippen LogP contribution < -0.4 is 0 Å². The van der Waals surface area contributed by atoms with Gasteiger partial charge < -0.3 is 4.57 Å². The highest BCUT2D eigenvalue weighted by Crippen LogP contribution is 2.24. The van der Waals surface area contributed by atoms with Crippen molar-refractivity contribution in [2.75, 3.05) is 0 Å². The van der Waals surface area contributed by atoms with Gasteiger partial charge in [0.05, 0.1) is 12.2 Å². The molecule has 0 saturated carbocycles. The SMILES string of the molecule is Cc1nc2c(n1Cc1ccccc1Cl)CCCC2. The number of fused-ring (bicyclic) bond motifs is 1. The van der Waals surface area contributed by atoms with Gasteiger partial charge in [0, 0.05) is 10.7 Å². The van der Waals surface area contributed by atoms with E-state index in [9.17, 15) is 0 Å². The van der Waals surface area contributed by atoms with Crippen LogP contribution in [0.1, 0.15) is 35.6 Å². The van der Waals surface area contributed by atoms with Crippen molar-refractivity contribution in [2.24, 2.45) is 0 Å². The molecular weight excluding hydrogens is 244 g/mol. The van der Waals surface area contributed by atoms with Gasteiger partial charge in [-0.25, -0.2) is 4.98 Å². The molecule has 94 valence electrons. The third-order valence-electron chi connectivity index (χ3n) is 3.71. The predicted molar refractivity (Wildman–Crippen MR) is 74.2 cm³/mol. The average molecular weight is 261 g/mol. The van der Waals surface area contributed by atoms with Crippen LogP contribution in [0.25, 0.3) is 0 Å². The lowest BCUT2D eigenvalue weighted by molar-refractivity contribution is 0.624. The van der Waals surface area contributed by atoms with Gasteiger partial charge in [0.15, 0.2) is 0 Å². The molecule has 0 bridgehead atoms. The van der Waals surface area contributed by atoms with E-state index >= 15 is 0 Å². The highest BCUT2D eigenvalue weighted by Gasteiger charge is 2.18. The molecule has 0 aliphatic heterocycles. The minimum Gasteiger partial charge on any atom is -0.328 e. The van der Waals surface area contributed by atoms with Crippen molar-refractivity contribution in [3.8, 4) is 0 Å². The average Bonchev–Trinajstić information content (AvgIpc) is 2.69. The summed E-state index contributed by atoms with van der Waals surface area (Å²) in [6.07, 6.45) is 4.84. The largest absolute Gasteiger partial charge is 0.328 e. The van der Waals surface area contributed by atoms with Crippen LogP contribution in [-0.4, -0.2) is 9.55 Å². The van der Waals surface area contributed by atoms with E-state index in [1.807, 2.05) is 18.2 Å². The molecule has 3 rings (SSSR count). The van der Waals surface area contributed by atoms with Crippen LogP contribution in [0.3, 0.4) is 0 Å². The number of halogens is 1. The van der Waals surface area contributed by atoms with Gasteiger partial charge in [0.2, 0.25) is 0 Å². The Balaban J connectivity index is 1.98. The number of rotatable bonds is 2. The van der Waals surface area contributed by atoms with E-state index in [0.29, 0.717) is 0 Å². The van der Waals surface area contributed by atoms with E-state index in [1.54, 1.807) is 0 Å². The van der Waals surface area contributed by atoms with Gasteiger partial charge in [-0.05, 0) is 44.2 Å². The summed E-state index contributed by atoms with van der Waals surface area (Å²) in [5.74, 6) is 1.11. The van der Waals surface area contributed by atoms with Crippen molar-refractivity contribution in [1.29, 1.82) is 0 Å². The molecule has 1 heterocycles. The molecule has 0 fully saturated rings. The molecule has 2 nitrogen and oxygen atoms in total. The van der Waals surface area contributed by atoms with Crippen LogP contribution in [0.15, 0.2) is 24.3 Å². The Morgan fingerprint density at radius 2 is 2.00 bits per heavy atom. The van der Waals surface area contributed by atoms with Crippen molar-refractivity contribution < 1.29 is 0 Å². The van der Waals surface area contributed by atoms with E-state index < -0.39 is 0 Å². The van der Waals surface area contributed by atoms with Gasteiger partial charge in [0.25, 0.3) is 0 Å². The molecule has 1 aromatic heterocycles. The van der Waals surface area contributed by atoms with Crippen molar-refractivity contribution in [3.05, 3.63) is 52.1 Å². The summed E-state index contributed by atoms with van der Waals surface area (Å²) < 4.78 is 2.33. The van der Waals surface area contributed by atoms with E-state index in [4.69, 9.17) is 16.6 Å². The topological polar surface area (TPSA) is 17.8 Å². The molecule has 0 amide bonds. The summed E-state index contributed by atoms with van der Waals surface area (Å²) in [6.45, 7) is 2.93. The smallest absolute Gasteiger partial charge is 0.106 e. The molecule has 18 heavy (non-hydrogen) atoms. The van der Waals surface area contributed by atoms with Crippen LogP contribution in [-0.2, 0) is 19.4 Å². The summed E-state index contributed by atoms with van der Waals surface area (Å²) in [6, 6.07) is 8.06. The second kappa shape index (κ2) is 4.77. The molecule has 0 N–H and O–H groups in total. The normalized spacial score (nSPS) is 14.6. The zero-order valence-corrected chi connectivity index (χ0v) is 11.4. The quantitative estimate of drug-likeness (QED) is 0.804. The molecule has 0 atom stereocenters. The van der Waals surface area contributed by atoms with E-state index in [0.717, 1.165) is 30.2 Å². The van der Waals surface area contributed by atoms with E-state index in [1.165, 1.54) is 29.8 Å². The molecule has 1 aliphatic carbocycles. The first-order valence-electron chi connectivity index (χ1n) is 6.54. The number of benzene rings is 1. The number of aryl methyl sites for hydroxylation is 2. The number of imidazole rings is 1. The lowest BCUT2D eigenvalue weighted by Crippen LogP contribution is -2.10. The Kier molecular flexibility index (Phi) is 3.13. The molecule has 0 spiro atoms. The first-order chi connectivity index (χ1) is 8.75. The molecule has 3 heteroatoms. The van der Waals surface area contributed by atoms with Crippen LogP contribution >= 0.6 is 11.6 Å². The first-order valence-corrected chi connectivity index (χ1v) is 6.92. The summed E-state index contributed by atoms with van der Waals surface area (Å²) in [4.78, 5) is 4.70. The standard InChI is InChI=1S/C15H17ClN2/c1-11-17-14-8-4-5-9-15(14)18(11)10-12-6-2-3-7-13(12)16/h2-3,6-7H,4-5,8-10H2,1H3. The van der Waals surface area contributed by atoms with Crippen molar-refractivity contribution in [2.45, 2.75) is 39.2 Å². The zero-order chi connectivity index (χ0) is 12.5. The summed E-state index contributed by atoms with van der Waals surface area (Å²) in [7, 11) is 0. The van der Waals surface area contributed by atoms with E-state index in [-0.39, 0.29) is 0 Å². The molecule has 0 radical (unpaired) electrons. The molecule has 1 aliphatic rings. The lowest BCUT2D eigenvalue weighted by atomic mass is 10.0. The van der Waals surface area contributed by atoms with Crippen LogP contribution in [0, 0.1) is 6.92 Å². The van der Waals surface area contributed by atoms with Crippen LogP contribution in [0.5, 0.6) is 0 Å². The molecular formula is C15H17ClN2. The number of hydrogen-bond acceptors (Lipinski definition) is 1. The van der Waals surface area contributed by atoms with Gasteiger partial charge in [-0.15, -0.1) is 0 Å². The highest BCUT2D eigenvalue weighted by molar-refractivity contribution is 6.31. The van der Waals surface area contributed by atoms with Gasteiger partial charge in [-0.1, -0.05) is 29.8 Å². The fraction of sp³-hybridized carbons (Fsp3) is 0.400. The van der Waals surface area contributed by atoms with Gasteiger partial charge >= 0.3 is 0 Å². The molecule has 0 unspecified atom stereocenters. The third kappa shape index (κ3) is 2.05. The Hall–Kier alpha value is -1.28. The molecule has 0 saturated heterocycles. The number of aromatic nitrogens is 2. The van der Waals surface area contributed by atoms with Crippen LogP contribution in [0.2, 0.25) is 5.02 Å². The first kappa shape index (κ1) is 11.8. The minimum atomic E-state index is 0.841. The fourth-order valence-corrected chi connectivity index (χ4v) is 2.94. The summed E-state index contributed by atoms with van der Waals surface area (Å²) in [5, 5.41) is 0.843. The second-order valence-electron chi connectivity index (χ2n) is 4.94. The third-order valence-corrected chi connectivity index (χ3v) is 4.08. The zero-order valence-electron chi connectivity index (χ0n) is 10.6. The summed E-state index contributed by atoms with van der Waals surface area (Å²) in [5.41, 5.74) is 3.89. The van der Waals surface area contributed by atoms with E-state index in [2.05, 4.69) is 17.6 Å². The summed E-state index contributed by atoms with van der Waals surface area (Å²) >= 11 is 6.24. The number of hydrogen-bond donors (Lipinski definition) is 0. The van der Waals surface area contributed by atoms with Gasteiger partial charge in [0.1, 0.15) is 5.82 Å². The molecule has 1 aromatic carbocycles. The maximum Gasteiger partial charge on any atom is 0.106 e. The Morgan fingerprint density at radius 1 is 1.22 bits per heavy atom. The van der Waals surface area contributed by atoms with Crippen LogP contribution in [0.4, 0.5) is 0 Å². The molecule has 2 aromatic rings. The van der Waals surface area contributed by atoms with Gasteiger partial charge in [-0.3, -0.25) is 0 Å². The van der Waals surface area contributed by atoms with Gasteiger partial charge in [-0.2, -0.15) is 0 Å². The van der Waals surface area contributed by atoms with Crippen molar-refractivity contribution in [1.82, 2.24) is 9.55 Å². The Labute approximate surface area is 113 Å². The number of nitrogens with zero attached hydrogens (tertiary/aromatic N) is 2. The fourth-order valence-electron chi connectivity index (χ4n) is 2.74. The Morgan fingerprint density at radius 3 is 2.83 bits per heavy atom. The van der Waals surface area contributed by atoms with Crippen molar-refractivity contribution >= 4 is 11.6 Å². The maximum absolute atomic E-state index is 6.24. The predicted octanol–water partition coefficient (Wildman–Crippen LogP) is 3.77. The second-order valence-corrected chi connectivity index (χ2v) is 5.34. The Bertz CT molecular complexity index is 572. The van der Waals surface area contributed by atoms with Crippen molar-refractivity contribution in [3.63, 3.8) is 0 Å². The highest BCUT2D eigenvalue weighted by atomic mass is 35.5. The monoisotopic (exact) mass is 260 g/mol. The minimum absolute atomic E-state index is 0.841. The maximum atomic E-state index is 6.24. The lowest BCUT2D eigenvalue weighted by Gasteiger charge is -2.15.